The molecule has 5 heteroatoms. The number of ether oxygens (including phenoxy) is 1. The second kappa shape index (κ2) is 4.29. The van der Waals surface area contributed by atoms with Gasteiger partial charge in [-0.15, -0.1) is 11.3 Å². The van der Waals surface area contributed by atoms with Crippen LogP contribution in [0.25, 0.3) is 0 Å². The van der Waals surface area contributed by atoms with Gasteiger partial charge in [0.2, 0.25) is 0 Å². The zero-order chi connectivity index (χ0) is 13.4. The van der Waals surface area contributed by atoms with Gasteiger partial charge in [0.25, 0.3) is 0 Å². The number of hydrogen-bond acceptors (Lipinski definition) is 4. The number of nitrogens with one attached hydrogen (secondary N) is 1. The van der Waals surface area contributed by atoms with E-state index in [0.29, 0.717) is 5.56 Å². The summed E-state index contributed by atoms with van der Waals surface area (Å²) in [7, 11) is 0. The minimum atomic E-state index is -0.493. The normalized spacial score (nSPS) is 16.8. The lowest BCUT2D eigenvalue weighted by atomic mass is 10.2. The third-order valence-corrected chi connectivity index (χ3v) is 3.82. The summed E-state index contributed by atoms with van der Waals surface area (Å²) < 4.78 is 5.26. The molecule has 0 bridgehead atoms. The van der Waals surface area contributed by atoms with E-state index in [9.17, 15) is 4.79 Å². The van der Waals surface area contributed by atoms with Crippen molar-refractivity contribution in [3.8, 4) is 6.07 Å². The Hall–Kier alpha value is -1.54. The summed E-state index contributed by atoms with van der Waals surface area (Å²) in [5.74, 6) is 0. The van der Waals surface area contributed by atoms with Crippen molar-refractivity contribution >= 4 is 17.4 Å². The lowest BCUT2D eigenvalue weighted by Crippen LogP contribution is -2.38. The zero-order valence-corrected chi connectivity index (χ0v) is 11.6. The smallest absolute Gasteiger partial charge is 0.408 e. The van der Waals surface area contributed by atoms with E-state index in [0.717, 1.165) is 17.7 Å². The van der Waals surface area contributed by atoms with Crippen molar-refractivity contribution in [2.45, 2.75) is 44.8 Å². The Morgan fingerprint density at radius 1 is 1.56 bits per heavy atom. The lowest BCUT2D eigenvalue weighted by molar-refractivity contribution is 0.0496. The molecule has 0 saturated heterocycles. The molecular weight excluding hydrogens is 248 g/mol. The molecule has 4 nitrogen and oxygen atoms in total. The number of nitriles is 1. The quantitative estimate of drug-likeness (QED) is 0.892. The number of nitrogens with zero attached hydrogens (tertiary/aromatic N) is 1. The minimum absolute atomic E-state index is 0.303. The van der Waals surface area contributed by atoms with Crippen LogP contribution in [0.2, 0.25) is 0 Å². The molecule has 0 spiro atoms. The minimum Gasteiger partial charge on any atom is -0.444 e. The Morgan fingerprint density at radius 2 is 2.22 bits per heavy atom. The molecule has 1 aromatic heterocycles. The zero-order valence-electron chi connectivity index (χ0n) is 10.7. The maximum atomic E-state index is 11.8. The predicted molar refractivity (Wildman–Crippen MR) is 69.3 cm³/mol. The van der Waals surface area contributed by atoms with E-state index in [1.807, 2.05) is 32.2 Å². The molecule has 1 aliphatic rings. The van der Waals surface area contributed by atoms with Gasteiger partial charge in [0.05, 0.1) is 11.1 Å². The third-order valence-electron chi connectivity index (χ3n) is 2.69. The topological polar surface area (TPSA) is 62.1 Å². The van der Waals surface area contributed by atoms with E-state index in [4.69, 9.17) is 10.00 Å². The van der Waals surface area contributed by atoms with Gasteiger partial charge in [-0.1, -0.05) is 0 Å². The number of alkyl carbamates (subject to hydrolysis) is 1. The predicted octanol–water partition coefficient (Wildman–Crippen LogP) is 3.13. The van der Waals surface area contributed by atoms with Crippen LogP contribution in [-0.2, 0) is 10.3 Å². The Labute approximate surface area is 111 Å². The van der Waals surface area contributed by atoms with Crippen molar-refractivity contribution < 1.29 is 9.53 Å². The number of amides is 1. The maximum absolute atomic E-state index is 11.8. The van der Waals surface area contributed by atoms with Crippen molar-refractivity contribution in [2.24, 2.45) is 0 Å². The van der Waals surface area contributed by atoms with Crippen molar-refractivity contribution in [1.29, 1.82) is 5.26 Å². The Bertz CT molecular complexity index is 504. The molecule has 0 atom stereocenters. The van der Waals surface area contributed by atoms with E-state index in [2.05, 4.69) is 11.4 Å². The molecule has 1 N–H and O–H groups in total. The second-order valence-electron chi connectivity index (χ2n) is 5.52. The van der Waals surface area contributed by atoms with Crippen LogP contribution in [0.1, 0.15) is 44.1 Å². The monoisotopic (exact) mass is 264 g/mol. The van der Waals surface area contributed by atoms with E-state index >= 15 is 0 Å². The molecule has 1 amide bonds. The summed E-state index contributed by atoms with van der Waals surface area (Å²) in [6, 6.07) is 3.95. The van der Waals surface area contributed by atoms with Crippen molar-refractivity contribution in [3.63, 3.8) is 0 Å². The van der Waals surface area contributed by atoms with E-state index < -0.39 is 11.7 Å². The highest BCUT2D eigenvalue weighted by atomic mass is 32.1. The van der Waals surface area contributed by atoms with Crippen molar-refractivity contribution in [2.75, 3.05) is 0 Å². The fourth-order valence-corrected chi connectivity index (χ4v) is 2.75. The molecule has 1 saturated carbocycles. The van der Waals surface area contributed by atoms with Gasteiger partial charge in [-0.3, -0.25) is 0 Å². The van der Waals surface area contributed by atoms with Gasteiger partial charge in [-0.2, -0.15) is 5.26 Å². The van der Waals surface area contributed by atoms with Crippen LogP contribution in [0.3, 0.4) is 0 Å². The van der Waals surface area contributed by atoms with Crippen LogP contribution in [0.5, 0.6) is 0 Å². The van der Waals surface area contributed by atoms with Gasteiger partial charge in [-0.25, -0.2) is 4.79 Å². The fraction of sp³-hybridized carbons (Fsp3) is 0.538. The summed E-state index contributed by atoms with van der Waals surface area (Å²) >= 11 is 1.51. The highest BCUT2D eigenvalue weighted by Crippen LogP contribution is 2.48. The molecule has 1 heterocycles. The largest absolute Gasteiger partial charge is 0.444 e. The first-order chi connectivity index (χ1) is 8.35. The van der Waals surface area contributed by atoms with Gasteiger partial charge in [0, 0.05) is 10.3 Å². The van der Waals surface area contributed by atoms with Crippen molar-refractivity contribution in [1.82, 2.24) is 5.32 Å². The van der Waals surface area contributed by atoms with Gasteiger partial charge >= 0.3 is 6.09 Å². The van der Waals surface area contributed by atoms with E-state index in [1.165, 1.54) is 11.3 Å². The molecule has 18 heavy (non-hydrogen) atoms. The highest BCUT2D eigenvalue weighted by Gasteiger charge is 2.47. The first-order valence-corrected chi connectivity index (χ1v) is 6.73. The van der Waals surface area contributed by atoms with Crippen LogP contribution in [0.4, 0.5) is 4.79 Å². The van der Waals surface area contributed by atoms with Crippen LogP contribution in [-0.4, -0.2) is 11.7 Å². The molecule has 2 rings (SSSR count). The van der Waals surface area contributed by atoms with Crippen molar-refractivity contribution in [3.05, 3.63) is 21.9 Å². The molecule has 1 aliphatic carbocycles. The van der Waals surface area contributed by atoms with E-state index in [-0.39, 0.29) is 5.54 Å². The molecule has 0 radical (unpaired) electrons. The summed E-state index contributed by atoms with van der Waals surface area (Å²) in [5, 5.41) is 13.5. The first-order valence-electron chi connectivity index (χ1n) is 5.85. The van der Waals surface area contributed by atoms with Crippen LogP contribution in [0, 0.1) is 11.3 Å². The fourth-order valence-electron chi connectivity index (χ4n) is 1.70. The summed E-state index contributed by atoms with van der Waals surface area (Å²) in [6.45, 7) is 5.52. The van der Waals surface area contributed by atoms with Gasteiger partial charge in [-0.05, 0) is 39.7 Å². The number of hydrogen-bond donors (Lipinski definition) is 1. The van der Waals surface area contributed by atoms with Gasteiger partial charge < -0.3 is 10.1 Å². The standard InChI is InChI=1S/C13H16N2O2S/c1-12(2,3)17-11(16)15-13(4-5-13)10-6-9(7-14)8-18-10/h6,8H,4-5H2,1-3H3,(H,15,16). The number of carbonyl (C=O) groups is 1. The average Bonchev–Trinajstić information content (AvgIpc) is 2.85. The molecule has 0 aliphatic heterocycles. The number of carbonyl (C=O) groups excluding carboxylic acids is 1. The lowest BCUT2D eigenvalue weighted by Gasteiger charge is -2.22. The second-order valence-corrected chi connectivity index (χ2v) is 6.43. The Balaban J connectivity index is 2.05. The SMILES string of the molecule is CC(C)(C)OC(=O)NC1(c2cc(C#N)cs2)CC1. The summed E-state index contributed by atoms with van der Waals surface area (Å²) in [6.07, 6.45) is 1.40. The number of thiophene rings is 1. The first kappa shape index (κ1) is 12.9. The molecule has 96 valence electrons. The summed E-state index contributed by atoms with van der Waals surface area (Å²) in [4.78, 5) is 12.8. The number of rotatable bonds is 2. The van der Waals surface area contributed by atoms with Gasteiger partial charge in [0.1, 0.15) is 11.7 Å². The maximum Gasteiger partial charge on any atom is 0.408 e. The molecule has 1 fully saturated rings. The molecule has 0 unspecified atom stereocenters. The Morgan fingerprint density at radius 3 is 2.67 bits per heavy atom. The van der Waals surface area contributed by atoms with Crippen LogP contribution < -0.4 is 5.32 Å². The van der Waals surface area contributed by atoms with E-state index in [1.54, 1.807) is 0 Å². The van der Waals surface area contributed by atoms with Gasteiger partial charge in [0.15, 0.2) is 0 Å². The average molecular weight is 264 g/mol. The van der Waals surface area contributed by atoms with Crippen LogP contribution in [0.15, 0.2) is 11.4 Å². The summed E-state index contributed by atoms with van der Waals surface area (Å²) in [5.41, 5.74) is -0.150. The third kappa shape index (κ3) is 2.82. The van der Waals surface area contributed by atoms with Crippen LogP contribution >= 0.6 is 11.3 Å². The Kier molecular flexibility index (Phi) is 3.07. The highest BCUT2D eigenvalue weighted by molar-refractivity contribution is 7.10. The molecular formula is C13H16N2O2S. The molecule has 1 aromatic rings. The molecule has 0 aromatic carbocycles.